The molecular formula is C8H10N2OS. The Balaban J connectivity index is 2.56. The number of aryl methyl sites for hydroxylation is 1. The van der Waals surface area contributed by atoms with E-state index in [1.54, 1.807) is 6.20 Å². The molecule has 1 atom stereocenters. The molecule has 0 spiro atoms. The van der Waals surface area contributed by atoms with Gasteiger partial charge in [0.05, 0.1) is 21.2 Å². The van der Waals surface area contributed by atoms with E-state index in [9.17, 15) is 4.21 Å². The van der Waals surface area contributed by atoms with Crippen LogP contribution in [0.1, 0.15) is 16.8 Å². The number of rotatable bonds is 0. The first-order chi connectivity index (χ1) is 5.57. The van der Waals surface area contributed by atoms with Crippen molar-refractivity contribution in [1.82, 2.24) is 4.98 Å². The molecule has 3 nitrogen and oxygen atoms in total. The molecule has 1 aliphatic heterocycles. The minimum Gasteiger partial charge on any atom is -0.261 e. The monoisotopic (exact) mass is 182 g/mol. The van der Waals surface area contributed by atoms with Crippen LogP contribution >= 0.6 is 0 Å². The first-order valence-corrected chi connectivity index (χ1v) is 5.65. The van der Waals surface area contributed by atoms with E-state index in [1.807, 2.05) is 13.0 Å². The zero-order valence-electron chi connectivity index (χ0n) is 6.83. The van der Waals surface area contributed by atoms with Gasteiger partial charge in [0.2, 0.25) is 0 Å². The predicted octanol–water partition coefficient (Wildman–Crippen LogP) is 1.45. The van der Waals surface area contributed by atoms with Crippen molar-refractivity contribution in [2.75, 3.05) is 0 Å². The third kappa shape index (κ3) is 1.22. The fourth-order valence-corrected chi connectivity index (χ4v) is 3.10. The van der Waals surface area contributed by atoms with Gasteiger partial charge >= 0.3 is 0 Å². The average molecular weight is 182 g/mol. The van der Waals surface area contributed by atoms with E-state index in [0.29, 0.717) is 11.5 Å². The summed E-state index contributed by atoms with van der Waals surface area (Å²) in [5.41, 5.74) is 2.97. The summed E-state index contributed by atoms with van der Waals surface area (Å²) in [6, 6.07) is 1.93. The van der Waals surface area contributed by atoms with Gasteiger partial charge < -0.3 is 0 Å². The second-order valence-electron chi connectivity index (χ2n) is 3.19. The smallest absolute Gasteiger partial charge is 0.0587 e. The van der Waals surface area contributed by atoms with Gasteiger partial charge in [-0.3, -0.25) is 9.76 Å². The number of hydrogen-bond acceptors (Lipinski definition) is 3. The van der Waals surface area contributed by atoms with Crippen LogP contribution in [0.3, 0.4) is 0 Å². The Kier molecular flexibility index (Phi) is 1.48. The summed E-state index contributed by atoms with van der Waals surface area (Å²) in [6.07, 6.45) is 1.74. The van der Waals surface area contributed by atoms with Gasteiger partial charge in [-0.15, -0.1) is 0 Å². The molecule has 12 heavy (non-hydrogen) atoms. The Morgan fingerprint density at radius 2 is 2.17 bits per heavy atom. The summed E-state index contributed by atoms with van der Waals surface area (Å²) in [6.45, 7) is 1.91. The Labute approximate surface area is 71.8 Å². The van der Waals surface area contributed by atoms with Crippen LogP contribution in [0.2, 0.25) is 0 Å². The van der Waals surface area contributed by atoms with E-state index < -0.39 is 9.73 Å². The molecule has 0 aromatic carbocycles. The molecule has 0 radical (unpaired) electrons. The van der Waals surface area contributed by atoms with Crippen molar-refractivity contribution < 1.29 is 4.21 Å². The van der Waals surface area contributed by atoms with Crippen molar-refractivity contribution in [3.63, 3.8) is 0 Å². The Morgan fingerprint density at radius 1 is 1.50 bits per heavy atom. The van der Waals surface area contributed by atoms with Crippen LogP contribution in [0.5, 0.6) is 0 Å². The second kappa shape index (κ2) is 2.29. The van der Waals surface area contributed by atoms with E-state index in [0.717, 1.165) is 16.8 Å². The number of hydrogen-bond donors (Lipinski definition) is 1. The molecule has 1 aliphatic rings. The molecule has 1 aromatic heterocycles. The van der Waals surface area contributed by atoms with Gasteiger partial charge in [0, 0.05) is 11.9 Å². The van der Waals surface area contributed by atoms with Crippen LogP contribution in [0, 0.1) is 11.7 Å². The van der Waals surface area contributed by atoms with Crippen LogP contribution in [-0.4, -0.2) is 9.19 Å². The van der Waals surface area contributed by atoms with Crippen molar-refractivity contribution in [3.05, 3.63) is 29.1 Å². The Bertz CT molecular complexity index is 423. The molecule has 1 aromatic rings. The van der Waals surface area contributed by atoms with Gasteiger partial charge in [-0.2, -0.15) is 0 Å². The summed E-state index contributed by atoms with van der Waals surface area (Å²) in [5.74, 6) is 0.793. The standard InChI is InChI=1S/C8H10N2OS/c1-6-2-7-4-12(9,11)5-8(7)3-10-6/h2-3,9H,4-5H2,1H3. The third-order valence-electron chi connectivity index (χ3n) is 2.00. The van der Waals surface area contributed by atoms with Gasteiger partial charge in [-0.05, 0) is 24.1 Å². The van der Waals surface area contributed by atoms with Gasteiger partial charge in [-0.25, -0.2) is 4.21 Å². The van der Waals surface area contributed by atoms with E-state index in [2.05, 4.69) is 4.98 Å². The molecule has 0 saturated heterocycles. The van der Waals surface area contributed by atoms with E-state index in [1.165, 1.54) is 0 Å². The maximum atomic E-state index is 11.4. The highest BCUT2D eigenvalue weighted by Crippen LogP contribution is 2.24. The third-order valence-corrected chi connectivity index (χ3v) is 3.55. The SMILES string of the molecule is Cc1cc2c(cn1)CS(=N)(=O)C2. The summed E-state index contributed by atoms with van der Waals surface area (Å²) >= 11 is 0. The van der Waals surface area contributed by atoms with Crippen molar-refractivity contribution in [3.8, 4) is 0 Å². The molecule has 2 rings (SSSR count). The normalized spacial score (nSPS) is 27.1. The Morgan fingerprint density at radius 3 is 2.92 bits per heavy atom. The minimum atomic E-state index is -2.36. The van der Waals surface area contributed by atoms with Crippen molar-refractivity contribution in [1.29, 1.82) is 4.78 Å². The average Bonchev–Trinajstić information content (AvgIpc) is 2.21. The molecule has 1 unspecified atom stereocenters. The van der Waals surface area contributed by atoms with Crippen molar-refractivity contribution >= 4 is 9.73 Å². The largest absolute Gasteiger partial charge is 0.261 e. The van der Waals surface area contributed by atoms with Crippen LogP contribution in [-0.2, 0) is 21.2 Å². The highest BCUT2D eigenvalue weighted by Gasteiger charge is 2.21. The highest BCUT2D eigenvalue weighted by atomic mass is 32.2. The summed E-state index contributed by atoms with van der Waals surface area (Å²) in [4.78, 5) is 4.11. The fourth-order valence-electron chi connectivity index (χ4n) is 1.46. The lowest BCUT2D eigenvalue weighted by Crippen LogP contribution is -1.92. The number of aromatic nitrogens is 1. The lowest BCUT2D eigenvalue weighted by Gasteiger charge is -1.95. The number of nitrogens with zero attached hydrogens (tertiary/aromatic N) is 1. The summed E-state index contributed by atoms with van der Waals surface area (Å²) < 4.78 is 18.8. The van der Waals surface area contributed by atoms with E-state index in [-0.39, 0.29) is 0 Å². The quantitative estimate of drug-likeness (QED) is 0.660. The first-order valence-electron chi connectivity index (χ1n) is 3.75. The second-order valence-corrected chi connectivity index (χ2v) is 5.40. The maximum absolute atomic E-state index is 11.4. The topological polar surface area (TPSA) is 53.8 Å². The number of pyridine rings is 1. The zero-order chi connectivity index (χ0) is 8.77. The van der Waals surface area contributed by atoms with Crippen LogP contribution in [0.25, 0.3) is 0 Å². The molecule has 0 amide bonds. The minimum absolute atomic E-state index is 0.385. The van der Waals surface area contributed by atoms with Crippen molar-refractivity contribution in [2.45, 2.75) is 18.4 Å². The van der Waals surface area contributed by atoms with Crippen molar-refractivity contribution in [2.24, 2.45) is 0 Å². The molecule has 0 fully saturated rings. The lowest BCUT2D eigenvalue weighted by atomic mass is 10.2. The van der Waals surface area contributed by atoms with E-state index in [4.69, 9.17) is 4.78 Å². The molecule has 0 saturated carbocycles. The van der Waals surface area contributed by atoms with Gasteiger partial charge in [0.25, 0.3) is 0 Å². The number of fused-ring (bicyclic) bond motifs is 1. The molecule has 0 aliphatic carbocycles. The molecule has 2 heterocycles. The molecular weight excluding hydrogens is 172 g/mol. The predicted molar refractivity (Wildman–Crippen MR) is 47.2 cm³/mol. The fraction of sp³-hybridized carbons (Fsp3) is 0.375. The highest BCUT2D eigenvalue weighted by molar-refractivity contribution is 7.91. The summed E-state index contributed by atoms with van der Waals surface area (Å²) in [7, 11) is -2.36. The first kappa shape index (κ1) is 7.73. The molecule has 64 valence electrons. The zero-order valence-corrected chi connectivity index (χ0v) is 7.65. The Hall–Kier alpha value is -0.900. The van der Waals surface area contributed by atoms with Gasteiger partial charge in [0.1, 0.15) is 0 Å². The summed E-state index contributed by atoms with van der Waals surface area (Å²) in [5, 5.41) is 0. The van der Waals surface area contributed by atoms with Crippen LogP contribution in [0.4, 0.5) is 0 Å². The molecule has 1 N–H and O–H groups in total. The van der Waals surface area contributed by atoms with E-state index >= 15 is 0 Å². The molecule has 0 bridgehead atoms. The van der Waals surface area contributed by atoms with Gasteiger partial charge in [-0.1, -0.05) is 0 Å². The molecule has 4 heteroatoms. The van der Waals surface area contributed by atoms with Gasteiger partial charge in [0.15, 0.2) is 0 Å². The maximum Gasteiger partial charge on any atom is 0.0587 e. The lowest BCUT2D eigenvalue weighted by molar-refractivity contribution is 0.676. The van der Waals surface area contributed by atoms with Crippen LogP contribution in [0.15, 0.2) is 12.3 Å². The van der Waals surface area contributed by atoms with Crippen LogP contribution < -0.4 is 0 Å². The number of nitrogens with one attached hydrogen (secondary N) is 1.